The second-order valence-corrected chi connectivity index (χ2v) is 4.24. The Morgan fingerprint density at radius 1 is 1.45 bits per heavy atom. The number of nitrogens with one attached hydrogen (secondary N) is 1. The number of ether oxygens (including phenoxy) is 1. The Hall–Kier alpha value is -1.66. The maximum atomic E-state index is 5.57. The van der Waals surface area contributed by atoms with Crippen LogP contribution in [0.4, 0.5) is 0 Å². The SMILES string of the molecule is CCOCCCN=C(NN)N(CC)Cc1ccccn1. The predicted molar refractivity (Wildman–Crippen MR) is 81.1 cm³/mol. The summed E-state index contributed by atoms with van der Waals surface area (Å²) < 4.78 is 5.29. The minimum Gasteiger partial charge on any atom is -0.382 e. The minimum atomic E-state index is 0.686. The van der Waals surface area contributed by atoms with Crippen LogP contribution in [0.5, 0.6) is 0 Å². The van der Waals surface area contributed by atoms with E-state index in [9.17, 15) is 0 Å². The molecule has 0 atom stereocenters. The highest BCUT2D eigenvalue weighted by atomic mass is 16.5. The average molecular weight is 279 g/mol. The predicted octanol–water partition coefficient (Wildman–Crippen LogP) is 1.15. The second-order valence-electron chi connectivity index (χ2n) is 4.24. The molecule has 0 aliphatic heterocycles. The Labute approximate surface area is 121 Å². The van der Waals surface area contributed by atoms with Crippen molar-refractivity contribution in [2.24, 2.45) is 10.8 Å². The molecule has 0 aliphatic rings. The summed E-state index contributed by atoms with van der Waals surface area (Å²) in [5.41, 5.74) is 3.66. The zero-order valence-electron chi connectivity index (χ0n) is 12.4. The van der Waals surface area contributed by atoms with E-state index in [1.54, 1.807) is 6.20 Å². The fourth-order valence-electron chi connectivity index (χ4n) is 1.76. The van der Waals surface area contributed by atoms with Crippen molar-refractivity contribution in [2.45, 2.75) is 26.8 Å². The molecule has 0 aliphatic carbocycles. The fraction of sp³-hybridized carbons (Fsp3) is 0.571. The van der Waals surface area contributed by atoms with Crippen molar-refractivity contribution in [1.82, 2.24) is 15.3 Å². The van der Waals surface area contributed by atoms with Crippen molar-refractivity contribution >= 4 is 5.96 Å². The van der Waals surface area contributed by atoms with E-state index in [-0.39, 0.29) is 0 Å². The monoisotopic (exact) mass is 279 g/mol. The molecule has 6 nitrogen and oxygen atoms in total. The minimum absolute atomic E-state index is 0.686. The molecule has 1 aromatic heterocycles. The van der Waals surface area contributed by atoms with Crippen LogP contribution in [0.3, 0.4) is 0 Å². The van der Waals surface area contributed by atoms with E-state index in [4.69, 9.17) is 10.6 Å². The zero-order valence-corrected chi connectivity index (χ0v) is 12.4. The first-order chi connectivity index (χ1) is 9.81. The molecule has 0 aromatic carbocycles. The van der Waals surface area contributed by atoms with Gasteiger partial charge in [-0.25, -0.2) is 5.84 Å². The van der Waals surface area contributed by atoms with Crippen molar-refractivity contribution in [1.29, 1.82) is 0 Å². The van der Waals surface area contributed by atoms with Gasteiger partial charge in [-0.2, -0.15) is 0 Å². The van der Waals surface area contributed by atoms with E-state index in [2.05, 4.69) is 27.2 Å². The summed E-state index contributed by atoms with van der Waals surface area (Å²) in [6.45, 7) is 7.71. The summed E-state index contributed by atoms with van der Waals surface area (Å²) in [5, 5.41) is 0. The van der Waals surface area contributed by atoms with E-state index in [0.717, 1.165) is 31.9 Å². The molecule has 20 heavy (non-hydrogen) atoms. The molecule has 0 saturated carbocycles. The van der Waals surface area contributed by atoms with Gasteiger partial charge >= 0.3 is 0 Å². The fourth-order valence-corrected chi connectivity index (χ4v) is 1.76. The second kappa shape index (κ2) is 10.2. The van der Waals surface area contributed by atoms with Crippen LogP contribution in [0, 0.1) is 0 Å². The summed E-state index contributed by atoms with van der Waals surface area (Å²) >= 11 is 0. The number of hydrogen-bond acceptors (Lipinski definition) is 4. The van der Waals surface area contributed by atoms with Crippen molar-refractivity contribution < 1.29 is 4.74 Å². The number of hydrazine groups is 1. The molecule has 1 heterocycles. The van der Waals surface area contributed by atoms with Crippen LogP contribution < -0.4 is 11.3 Å². The van der Waals surface area contributed by atoms with E-state index in [0.29, 0.717) is 19.0 Å². The number of aromatic nitrogens is 1. The topological polar surface area (TPSA) is 75.8 Å². The first-order valence-electron chi connectivity index (χ1n) is 7.05. The van der Waals surface area contributed by atoms with Gasteiger partial charge in [-0.05, 0) is 32.4 Å². The lowest BCUT2D eigenvalue weighted by atomic mass is 10.3. The normalized spacial score (nSPS) is 11.4. The van der Waals surface area contributed by atoms with Gasteiger partial charge in [0.25, 0.3) is 0 Å². The molecule has 0 spiro atoms. The lowest BCUT2D eigenvalue weighted by Gasteiger charge is -2.23. The number of nitrogens with zero attached hydrogens (tertiary/aromatic N) is 3. The summed E-state index contributed by atoms with van der Waals surface area (Å²) in [7, 11) is 0. The van der Waals surface area contributed by atoms with Crippen LogP contribution >= 0.6 is 0 Å². The smallest absolute Gasteiger partial charge is 0.208 e. The van der Waals surface area contributed by atoms with Crippen molar-refractivity contribution in [3.63, 3.8) is 0 Å². The van der Waals surface area contributed by atoms with Gasteiger partial charge in [0, 0.05) is 32.5 Å². The van der Waals surface area contributed by atoms with Gasteiger partial charge < -0.3 is 9.64 Å². The summed E-state index contributed by atoms with van der Waals surface area (Å²) in [5.74, 6) is 6.26. The van der Waals surface area contributed by atoms with Crippen LogP contribution in [-0.4, -0.2) is 42.1 Å². The number of nitrogens with two attached hydrogens (primary N) is 1. The Morgan fingerprint density at radius 3 is 2.90 bits per heavy atom. The highest BCUT2D eigenvalue weighted by Crippen LogP contribution is 2.01. The number of hydrogen-bond donors (Lipinski definition) is 2. The quantitative estimate of drug-likeness (QED) is 0.245. The molecule has 3 N–H and O–H groups in total. The average Bonchev–Trinajstić information content (AvgIpc) is 2.50. The van der Waals surface area contributed by atoms with Crippen LogP contribution in [0.1, 0.15) is 26.0 Å². The van der Waals surface area contributed by atoms with Gasteiger partial charge in [0.1, 0.15) is 0 Å². The summed E-state index contributed by atoms with van der Waals surface area (Å²) in [6, 6.07) is 5.88. The molecule has 0 amide bonds. The molecule has 1 rings (SSSR count). The first kappa shape index (κ1) is 16.4. The third-order valence-corrected chi connectivity index (χ3v) is 2.80. The first-order valence-corrected chi connectivity index (χ1v) is 7.05. The third-order valence-electron chi connectivity index (χ3n) is 2.80. The molecule has 6 heteroatoms. The molecule has 1 aromatic rings. The highest BCUT2D eigenvalue weighted by Gasteiger charge is 2.09. The molecule has 112 valence electrons. The van der Waals surface area contributed by atoms with Crippen LogP contribution in [0.25, 0.3) is 0 Å². The maximum absolute atomic E-state index is 5.57. The van der Waals surface area contributed by atoms with Gasteiger partial charge in [-0.1, -0.05) is 6.07 Å². The van der Waals surface area contributed by atoms with E-state index < -0.39 is 0 Å². The van der Waals surface area contributed by atoms with Gasteiger partial charge in [-0.15, -0.1) is 0 Å². The summed E-state index contributed by atoms with van der Waals surface area (Å²) in [6.07, 6.45) is 2.68. The Bertz CT molecular complexity index is 382. The molecular formula is C14H25N5O. The molecule has 0 unspecified atom stereocenters. The van der Waals surface area contributed by atoms with Crippen LogP contribution in [0.15, 0.2) is 29.4 Å². The number of rotatable bonds is 8. The van der Waals surface area contributed by atoms with E-state index >= 15 is 0 Å². The lowest BCUT2D eigenvalue weighted by Crippen LogP contribution is -2.44. The Balaban J connectivity index is 2.53. The molecule has 0 radical (unpaired) electrons. The molecule has 0 bridgehead atoms. The highest BCUT2D eigenvalue weighted by molar-refractivity contribution is 5.79. The Morgan fingerprint density at radius 2 is 2.30 bits per heavy atom. The van der Waals surface area contributed by atoms with Crippen LogP contribution in [-0.2, 0) is 11.3 Å². The molecular weight excluding hydrogens is 254 g/mol. The van der Waals surface area contributed by atoms with Gasteiger partial charge in [0.15, 0.2) is 0 Å². The molecule has 0 fully saturated rings. The van der Waals surface area contributed by atoms with Gasteiger partial charge in [0.2, 0.25) is 5.96 Å². The standard InChI is InChI=1S/C14H25N5O/c1-3-19(12-13-8-5-6-9-16-13)14(18-15)17-10-7-11-20-4-2/h5-6,8-9H,3-4,7,10-12,15H2,1-2H3,(H,17,18). The summed E-state index contributed by atoms with van der Waals surface area (Å²) in [4.78, 5) is 10.9. The third kappa shape index (κ3) is 5.99. The van der Waals surface area contributed by atoms with Crippen molar-refractivity contribution in [3.8, 4) is 0 Å². The number of guanidine groups is 1. The number of pyridine rings is 1. The Kier molecular flexibility index (Phi) is 8.33. The van der Waals surface area contributed by atoms with Crippen molar-refractivity contribution in [2.75, 3.05) is 26.3 Å². The van der Waals surface area contributed by atoms with Crippen molar-refractivity contribution in [3.05, 3.63) is 30.1 Å². The van der Waals surface area contributed by atoms with Crippen LogP contribution in [0.2, 0.25) is 0 Å². The van der Waals surface area contributed by atoms with Gasteiger partial charge in [0.05, 0.1) is 12.2 Å². The maximum Gasteiger partial charge on any atom is 0.208 e. The molecule has 0 saturated heterocycles. The van der Waals surface area contributed by atoms with E-state index in [1.807, 2.05) is 25.1 Å². The van der Waals surface area contributed by atoms with E-state index in [1.165, 1.54) is 0 Å². The number of aliphatic imine (C=N–C) groups is 1. The lowest BCUT2D eigenvalue weighted by molar-refractivity contribution is 0.146. The largest absolute Gasteiger partial charge is 0.382 e. The zero-order chi connectivity index (χ0) is 14.6. The van der Waals surface area contributed by atoms with Gasteiger partial charge in [-0.3, -0.25) is 15.4 Å².